The summed E-state index contributed by atoms with van der Waals surface area (Å²) in [5.74, 6) is -0.241. The van der Waals surface area contributed by atoms with Gasteiger partial charge >= 0.3 is 5.97 Å². The number of esters is 1. The van der Waals surface area contributed by atoms with Gasteiger partial charge in [0.15, 0.2) is 5.69 Å². The van der Waals surface area contributed by atoms with Gasteiger partial charge in [0.05, 0.1) is 31.5 Å². The first-order valence-electron chi connectivity index (χ1n) is 9.10. The third-order valence-corrected chi connectivity index (χ3v) is 4.50. The summed E-state index contributed by atoms with van der Waals surface area (Å²) in [7, 11) is 1.55. The Morgan fingerprint density at radius 1 is 1.07 bits per heavy atom. The highest BCUT2D eigenvalue weighted by Crippen LogP contribution is 2.31. The lowest BCUT2D eigenvalue weighted by atomic mass is 10.1. The molecule has 2 aromatic carbocycles. The van der Waals surface area contributed by atoms with E-state index in [0.717, 1.165) is 5.56 Å². The van der Waals surface area contributed by atoms with Crippen LogP contribution in [0.4, 0.5) is 5.69 Å². The van der Waals surface area contributed by atoms with Crippen molar-refractivity contribution < 1.29 is 19.1 Å². The number of nitrogens with zero attached hydrogens (tertiary/aromatic N) is 1. The molecule has 0 bridgehead atoms. The molecule has 0 radical (unpaired) electrons. The van der Waals surface area contributed by atoms with Gasteiger partial charge in [-0.25, -0.2) is 4.79 Å². The number of methoxy groups -OCH3 is 1. The molecular formula is C22H21ClN2O4. The first-order chi connectivity index (χ1) is 14.0. The van der Waals surface area contributed by atoms with Crippen LogP contribution in [0.25, 0.3) is 5.69 Å². The smallest absolute Gasteiger partial charge is 0.357 e. The predicted octanol–water partition coefficient (Wildman–Crippen LogP) is 4.50. The number of aromatic nitrogens is 1. The van der Waals surface area contributed by atoms with Gasteiger partial charge in [-0.05, 0) is 30.7 Å². The minimum absolute atomic E-state index is 0.145. The van der Waals surface area contributed by atoms with Crippen LogP contribution in [0.3, 0.4) is 0 Å². The van der Waals surface area contributed by atoms with Crippen LogP contribution in [-0.2, 0) is 16.0 Å². The number of halogens is 1. The summed E-state index contributed by atoms with van der Waals surface area (Å²) < 4.78 is 12.0. The molecule has 0 aliphatic rings. The Balaban J connectivity index is 1.98. The third kappa shape index (κ3) is 4.78. The number of amides is 1. The summed E-state index contributed by atoms with van der Waals surface area (Å²) in [5, 5.41) is 3.04. The number of benzene rings is 2. The summed E-state index contributed by atoms with van der Waals surface area (Å²) >= 11 is 6.43. The van der Waals surface area contributed by atoms with Gasteiger partial charge in [-0.2, -0.15) is 0 Å². The van der Waals surface area contributed by atoms with E-state index >= 15 is 0 Å². The molecule has 150 valence electrons. The molecule has 0 atom stereocenters. The second kappa shape index (κ2) is 9.30. The SMILES string of the molecule is CCOC(=O)c1c(NC(=O)Cc2ccccc2)cc(Cl)n1-c1cccc(OC)c1. The Bertz CT molecular complexity index is 1010. The third-order valence-electron chi connectivity index (χ3n) is 4.22. The van der Waals surface area contributed by atoms with Crippen molar-refractivity contribution in [3.8, 4) is 11.4 Å². The van der Waals surface area contributed by atoms with Gasteiger partial charge < -0.3 is 14.8 Å². The highest BCUT2D eigenvalue weighted by molar-refractivity contribution is 6.31. The fourth-order valence-corrected chi connectivity index (χ4v) is 3.24. The summed E-state index contributed by atoms with van der Waals surface area (Å²) in [4.78, 5) is 25.2. The van der Waals surface area contributed by atoms with Crippen molar-refractivity contribution >= 4 is 29.2 Å². The summed E-state index contributed by atoms with van der Waals surface area (Å²) in [6, 6.07) is 18.0. The number of anilines is 1. The van der Waals surface area contributed by atoms with Gasteiger partial charge in [-0.1, -0.05) is 48.0 Å². The Hall–Kier alpha value is -3.25. The topological polar surface area (TPSA) is 69.6 Å². The lowest BCUT2D eigenvalue weighted by Gasteiger charge is -2.13. The molecular weight excluding hydrogens is 392 g/mol. The van der Waals surface area contributed by atoms with E-state index in [1.807, 2.05) is 30.3 Å². The minimum Gasteiger partial charge on any atom is -0.497 e. The molecule has 0 unspecified atom stereocenters. The van der Waals surface area contributed by atoms with Crippen LogP contribution in [0.1, 0.15) is 23.0 Å². The lowest BCUT2D eigenvalue weighted by molar-refractivity contribution is -0.115. The van der Waals surface area contributed by atoms with E-state index in [2.05, 4.69) is 5.32 Å². The Labute approximate surface area is 174 Å². The molecule has 3 aromatic rings. The number of nitrogens with one attached hydrogen (secondary N) is 1. The molecule has 1 amide bonds. The van der Waals surface area contributed by atoms with Crippen molar-refractivity contribution in [2.45, 2.75) is 13.3 Å². The van der Waals surface area contributed by atoms with Gasteiger partial charge in [0.2, 0.25) is 5.91 Å². The molecule has 7 heteroatoms. The van der Waals surface area contributed by atoms with Gasteiger partial charge in [0.1, 0.15) is 10.9 Å². The number of hydrogen-bond donors (Lipinski definition) is 1. The fourth-order valence-electron chi connectivity index (χ4n) is 2.95. The summed E-state index contributed by atoms with van der Waals surface area (Å²) in [6.07, 6.45) is 0.172. The maximum absolute atomic E-state index is 12.7. The largest absolute Gasteiger partial charge is 0.497 e. The van der Waals surface area contributed by atoms with Crippen LogP contribution < -0.4 is 10.1 Å². The van der Waals surface area contributed by atoms with Crippen molar-refractivity contribution in [1.29, 1.82) is 0 Å². The molecule has 1 heterocycles. The van der Waals surface area contributed by atoms with E-state index in [1.165, 1.54) is 10.6 Å². The van der Waals surface area contributed by atoms with E-state index in [1.54, 1.807) is 38.3 Å². The van der Waals surface area contributed by atoms with Gasteiger partial charge in [0, 0.05) is 6.07 Å². The highest BCUT2D eigenvalue weighted by atomic mass is 35.5. The normalized spacial score (nSPS) is 10.4. The minimum atomic E-state index is -0.586. The van der Waals surface area contributed by atoms with Crippen LogP contribution in [0.15, 0.2) is 60.7 Å². The molecule has 0 aliphatic heterocycles. The zero-order valence-electron chi connectivity index (χ0n) is 16.1. The van der Waals surface area contributed by atoms with E-state index < -0.39 is 5.97 Å². The maximum Gasteiger partial charge on any atom is 0.357 e. The number of carbonyl (C=O) groups is 2. The quantitative estimate of drug-likeness (QED) is 0.580. The standard InChI is InChI=1S/C22H21ClN2O4/c1-3-29-22(27)21-18(24-20(26)12-15-8-5-4-6-9-15)14-19(23)25(21)16-10-7-11-17(13-16)28-2/h4-11,13-14H,3,12H2,1-2H3,(H,24,26). The molecule has 6 nitrogen and oxygen atoms in total. The maximum atomic E-state index is 12.7. The number of hydrogen-bond acceptors (Lipinski definition) is 4. The highest BCUT2D eigenvalue weighted by Gasteiger charge is 2.24. The van der Waals surface area contributed by atoms with Crippen molar-refractivity contribution in [2.75, 3.05) is 19.0 Å². The van der Waals surface area contributed by atoms with Crippen LogP contribution in [0, 0.1) is 0 Å². The zero-order chi connectivity index (χ0) is 20.8. The lowest BCUT2D eigenvalue weighted by Crippen LogP contribution is -2.18. The Morgan fingerprint density at radius 2 is 1.83 bits per heavy atom. The molecule has 1 N–H and O–H groups in total. The Morgan fingerprint density at radius 3 is 2.52 bits per heavy atom. The van der Waals surface area contributed by atoms with Crippen molar-refractivity contribution in [1.82, 2.24) is 4.57 Å². The summed E-state index contributed by atoms with van der Waals surface area (Å²) in [6.45, 7) is 1.91. The molecule has 0 spiro atoms. The van der Waals surface area contributed by atoms with Crippen LogP contribution in [-0.4, -0.2) is 30.2 Å². The first kappa shape index (κ1) is 20.5. The number of carbonyl (C=O) groups excluding carboxylic acids is 2. The van der Waals surface area contributed by atoms with E-state index in [0.29, 0.717) is 11.4 Å². The Kier molecular flexibility index (Phi) is 6.57. The zero-order valence-corrected chi connectivity index (χ0v) is 16.9. The summed E-state index contributed by atoms with van der Waals surface area (Å²) in [5.41, 5.74) is 1.91. The van der Waals surface area contributed by atoms with Gasteiger partial charge in [-0.15, -0.1) is 0 Å². The van der Waals surface area contributed by atoms with Crippen molar-refractivity contribution in [3.63, 3.8) is 0 Å². The molecule has 0 aliphatic carbocycles. The van der Waals surface area contributed by atoms with E-state index in [-0.39, 0.29) is 35.5 Å². The van der Waals surface area contributed by atoms with Gasteiger partial charge in [-0.3, -0.25) is 9.36 Å². The monoisotopic (exact) mass is 412 g/mol. The average molecular weight is 413 g/mol. The molecule has 1 aromatic heterocycles. The first-order valence-corrected chi connectivity index (χ1v) is 9.47. The predicted molar refractivity (Wildman–Crippen MR) is 112 cm³/mol. The number of ether oxygens (including phenoxy) is 2. The molecule has 0 saturated carbocycles. The van der Waals surface area contributed by atoms with E-state index in [9.17, 15) is 9.59 Å². The van der Waals surface area contributed by atoms with Crippen LogP contribution >= 0.6 is 11.6 Å². The van der Waals surface area contributed by atoms with Crippen molar-refractivity contribution in [3.05, 3.63) is 77.1 Å². The van der Waals surface area contributed by atoms with Gasteiger partial charge in [0.25, 0.3) is 0 Å². The molecule has 0 saturated heterocycles. The number of rotatable bonds is 7. The molecule has 3 rings (SSSR count). The fraction of sp³-hybridized carbons (Fsp3) is 0.182. The van der Waals surface area contributed by atoms with Crippen LogP contribution in [0.5, 0.6) is 5.75 Å². The second-order valence-corrected chi connectivity index (χ2v) is 6.58. The average Bonchev–Trinajstić information content (AvgIpc) is 3.04. The van der Waals surface area contributed by atoms with Crippen LogP contribution in [0.2, 0.25) is 5.15 Å². The molecule has 0 fully saturated rings. The van der Waals surface area contributed by atoms with E-state index in [4.69, 9.17) is 21.1 Å². The van der Waals surface area contributed by atoms with Crippen molar-refractivity contribution in [2.24, 2.45) is 0 Å². The second-order valence-electron chi connectivity index (χ2n) is 6.20. The molecule has 29 heavy (non-hydrogen) atoms.